The van der Waals surface area contributed by atoms with E-state index in [2.05, 4.69) is 10.2 Å². The molecule has 1 fully saturated rings. The highest BCUT2D eigenvalue weighted by Gasteiger charge is 2.31. The molecule has 1 aromatic heterocycles. The third kappa shape index (κ3) is 2.49. The summed E-state index contributed by atoms with van der Waals surface area (Å²) in [5.74, 6) is 0.541. The molecule has 1 aliphatic rings. The van der Waals surface area contributed by atoms with Crippen LogP contribution in [0.15, 0.2) is 6.07 Å². The van der Waals surface area contributed by atoms with Gasteiger partial charge in [0.1, 0.15) is 0 Å². The van der Waals surface area contributed by atoms with Gasteiger partial charge in [0.15, 0.2) is 9.84 Å². The first-order valence-corrected chi connectivity index (χ1v) is 7.12. The molecule has 0 spiro atoms. The summed E-state index contributed by atoms with van der Waals surface area (Å²) in [6, 6.07) is 1.62. The van der Waals surface area contributed by atoms with Crippen LogP contribution in [0, 0.1) is 0 Å². The maximum absolute atomic E-state index is 11.7. The Labute approximate surface area is 100 Å². The predicted octanol–water partition coefficient (Wildman–Crippen LogP) is 0.187. The molecule has 94 valence electrons. The number of nitrogens with two attached hydrogens (primary N) is 1. The van der Waals surface area contributed by atoms with Gasteiger partial charge in [-0.15, -0.1) is 5.10 Å². The average molecular weight is 257 g/mol. The van der Waals surface area contributed by atoms with Gasteiger partial charge in [-0.2, -0.15) is 5.10 Å². The van der Waals surface area contributed by atoms with Crippen LogP contribution in [0.5, 0.6) is 5.88 Å². The largest absolute Gasteiger partial charge is 0.478 e. The lowest BCUT2D eigenvalue weighted by atomic mass is 10.1. The highest BCUT2D eigenvalue weighted by atomic mass is 32.2. The van der Waals surface area contributed by atoms with E-state index in [4.69, 9.17) is 10.5 Å². The first-order chi connectivity index (χ1) is 8.03. The number of hydrogen-bond acceptors (Lipinski definition) is 6. The van der Waals surface area contributed by atoms with E-state index >= 15 is 0 Å². The molecular formula is C10H15N3O3S. The lowest BCUT2D eigenvalue weighted by Gasteiger charge is -2.09. The zero-order valence-electron chi connectivity index (χ0n) is 9.59. The predicted molar refractivity (Wildman–Crippen MR) is 63.5 cm³/mol. The van der Waals surface area contributed by atoms with Crippen molar-refractivity contribution in [3.63, 3.8) is 0 Å². The molecule has 0 aliphatic carbocycles. The molecule has 6 nitrogen and oxygen atoms in total. The molecule has 0 radical (unpaired) electrons. The fraction of sp³-hybridized carbons (Fsp3) is 0.600. The maximum atomic E-state index is 11.7. The second-order valence-electron chi connectivity index (χ2n) is 4.14. The number of aromatic nitrogens is 2. The molecule has 1 saturated heterocycles. The minimum absolute atomic E-state index is 0.267. The zero-order valence-corrected chi connectivity index (χ0v) is 10.4. The van der Waals surface area contributed by atoms with Gasteiger partial charge in [0.05, 0.1) is 29.5 Å². The smallest absolute Gasteiger partial charge is 0.256 e. The van der Waals surface area contributed by atoms with Crippen molar-refractivity contribution in [1.82, 2.24) is 10.2 Å². The summed E-state index contributed by atoms with van der Waals surface area (Å²) in [4.78, 5) is 0. The molecule has 2 rings (SSSR count). The van der Waals surface area contributed by atoms with Crippen LogP contribution in [0.4, 0.5) is 5.69 Å². The van der Waals surface area contributed by atoms with Crippen molar-refractivity contribution in [2.24, 2.45) is 0 Å². The summed E-state index contributed by atoms with van der Waals surface area (Å²) in [5.41, 5.74) is 6.68. The van der Waals surface area contributed by atoms with Crippen molar-refractivity contribution in [3.8, 4) is 5.88 Å². The Morgan fingerprint density at radius 2 is 2.29 bits per heavy atom. The van der Waals surface area contributed by atoms with Crippen molar-refractivity contribution in [2.75, 3.05) is 18.6 Å². The van der Waals surface area contributed by atoms with Crippen LogP contribution in [0.1, 0.15) is 18.5 Å². The number of nitrogen functional groups attached to an aromatic ring is 1. The summed E-state index contributed by atoms with van der Waals surface area (Å²) in [6.45, 7) is 0. The normalized spacial score (nSPS) is 22.5. The van der Waals surface area contributed by atoms with E-state index in [0.29, 0.717) is 24.2 Å². The molecule has 7 heteroatoms. The Hall–Kier alpha value is -1.37. The van der Waals surface area contributed by atoms with Gasteiger partial charge in [-0.05, 0) is 18.9 Å². The second-order valence-corrected chi connectivity index (χ2v) is 6.54. The number of rotatable bonds is 3. The molecule has 0 saturated carbocycles. The Morgan fingerprint density at radius 3 is 2.82 bits per heavy atom. The lowest BCUT2D eigenvalue weighted by Crippen LogP contribution is -2.19. The summed E-state index contributed by atoms with van der Waals surface area (Å²) < 4.78 is 28.2. The Morgan fingerprint density at radius 1 is 1.53 bits per heavy atom. The van der Waals surface area contributed by atoms with Crippen molar-refractivity contribution < 1.29 is 13.2 Å². The maximum Gasteiger partial charge on any atom is 0.256 e. The number of ether oxygens (including phenoxy) is 1. The minimum Gasteiger partial charge on any atom is -0.478 e. The first kappa shape index (κ1) is 12.1. The van der Waals surface area contributed by atoms with Gasteiger partial charge in [0.2, 0.25) is 0 Å². The van der Waals surface area contributed by atoms with Gasteiger partial charge in [0.25, 0.3) is 5.88 Å². The molecule has 0 amide bonds. The molecule has 0 aromatic carbocycles. The quantitative estimate of drug-likeness (QED) is 0.830. The van der Waals surface area contributed by atoms with Gasteiger partial charge in [-0.25, -0.2) is 8.42 Å². The number of methoxy groups -OCH3 is 1. The number of sulfone groups is 1. The van der Waals surface area contributed by atoms with Gasteiger partial charge in [-0.3, -0.25) is 0 Å². The lowest BCUT2D eigenvalue weighted by molar-refractivity contribution is 0.393. The average Bonchev–Trinajstić information content (AvgIpc) is 2.59. The van der Waals surface area contributed by atoms with Crippen molar-refractivity contribution >= 4 is 15.5 Å². The topological polar surface area (TPSA) is 95.2 Å². The summed E-state index contributed by atoms with van der Waals surface area (Å²) in [6.07, 6.45) is 1.80. The van der Waals surface area contributed by atoms with E-state index in [0.717, 1.165) is 6.42 Å². The van der Waals surface area contributed by atoms with Crippen molar-refractivity contribution in [3.05, 3.63) is 11.8 Å². The fourth-order valence-corrected chi connectivity index (χ4v) is 3.87. The second kappa shape index (κ2) is 4.48. The highest BCUT2D eigenvalue weighted by molar-refractivity contribution is 7.92. The van der Waals surface area contributed by atoms with Gasteiger partial charge < -0.3 is 10.5 Å². The molecule has 17 heavy (non-hydrogen) atoms. The summed E-state index contributed by atoms with van der Waals surface area (Å²) in [7, 11) is -1.49. The Balaban J connectivity index is 2.17. The van der Waals surface area contributed by atoms with Crippen molar-refractivity contribution in [2.45, 2.75) is 24.5 Å². The van der Waals surface area contributed by atoms with Crippen LogP contribution in [0.2, 0.25) is 0 Å². The number of nitrogens with zero attached hydrogens (tertiary/aromatic N) is 2. The number of hydrogen-bond donors (Lipinski definition) is 1. The number of anilines is 1. The van der Waals surface area contributed by atoms with E-state index < -0.39 is 9.84 Å². The zero-order chi connectivity index (χ0) is 12.5. The van der Waals surface area contributed by atoms with Crippen LogP contribution >= 0.6 is 0 Å². The van der Waals surface area contributed by atoms with E-state index in [1.165, 1.54) is 7.11 Å². The molecule has 1 aromatic rings. The standard InChI is InChI=1S/C10H15N3O3S/c1-16-10-9(11)6-7(12-13-10)5-8-3-2-4-17(8,14)15/h6,8H,2-5H2,1H3,(H2,11,12). The van der Waals surface area contributed by atoms with Gasteiger partial charge in [0, 0.05) is 6.42 Å². The molecule has 2 heterocycles. The molecule has 2 N–H and O–H groups in total. The molecule has 1 atom stereocenters. The van der Waals surface area contributed by atoms with Gasteiger partial charge in [-0.1, -0.05) is 0 Å². The van der Waals surface area contributed by atoms with Gasteiger partial charge >= 0.3 is 0 Å². The SMILES string of the molecule is COc1nnc(CC2CCCS2(=O)=O)cc1N. The summed E-state index contributed by atoms with van der Waals surface area (Å²) in [5, 5.41) is 7.37. The summed E-state index contributed by atoms with van der Waals surface area (Å²) >= 11 is 0. The molecule has 1 unspecified atom stereocenters. The molecule has 0 bridgehead atoms. The van der Waals surface area contributed by atoms with Crippen LogP contribution in [-0.4, -0.2) is 36.7 Å². The Kier molecular flexibility index (Phi) is 3.19. The van der Waals surface area contributed by atoms with Crippen LogP contribution in [0.25, 0.3) is 0 Å². The third-order valence-electron chi connectivity index (χ3n) is 2.93. The van der Waals surface area contributed by atoms with E-state index in [1.807, 2.05) is 0 Å². The molecule has 1 aliphatic heterocycles. The minimum atomic E-state index is -2.95. The van der Waals surface area contributed by atoms with E-state index in [9.17, 15) is 8.42 Å². The highest BCUT2D eigenvalue weighted by Crippen LogP contribution is 2.24. The van der Waals surface area contributed by atoms with E-state index in [1.54, 1.807) is 6.07 Å². The van der Waals surface area contributed by atoms with E-state index in [-0.39, 0.29) is 16.9 Å². The first-order valence-electron chi connectivity index (χ1n) is 5.40. The molecular weight excluding hydrogens is 242 g/mol. The van der Waals surface area contributed by atoms with Crippen LogP contribution in [-0.2, 0) is 16.3 Å². The third-order valence-corrected chi connectivity index (χ3v) is 5.21. The Bertz CT molecular complexity index is 516. The van der Waals surface area contributed by atoms with Crippen molar-refractivity contribution in [1.29, 1.82) is 0 Å². The van der Waals surface area contributed by atoms with Crippen LogP contribution < -0.4 is 10.5 Å². The monoisotopic (exact) mass is 257 g/mol. The fourth-order valence-electron chi connectivity index (χ4n) is 2.02. The van der Waals surface area contributed by atoms with Crippen LogP contribution in [0.3, 0.4) is 0 Å².